The summed E-state index contributed by atoms with van der Waals surface area (Å²) in [5.74, 6) is 0.337. The van der Waals surface area contributed by atoms with Gasteiger partial charge in [-0.1, -0.05) is 29.8 Å². The van der Waals surface area contributed by atoms with E-state index in [-0.39, 0.29) is 5.91 Å². The molecule has 2 fully saturated rings. The van der Waals surface area contributed by atoms with E-state index in [9.17, 15) is 9.59 Å². The summed E-state index contributed by atoms with van der Waals surface area (Å²) in [5, 5.41) is 3.62. The number of carbonyl (C=O) groups is 2. The zero-order valence-electron chi connectivity index (χ0n) is 14.5. The van der Waals surface area contributed by atoms with Crippen molar-refractivity contribution in [3.63, 3.8) is 0 Å². The highest BCUT2D eigenvalue weighted by atomic mass is 35.5. The third-order valence-electron chi connectivity index (χ3n) is 5.12. The molecule has 0 saturated carbocycles. The Morgan fingerprint density at radius 1 is 1.24 bits per heavy atom. The minimum absolute atomic E-state index is 0.0410. The van der Waals surface area contributed by atoms with Crippen molar-refractivity contribution in [3.8, 4) is 0 Å². The summed E-state index contributed by atoms with van der Waals surface area (Å²) >= 11 is 6.10. The second-order valence-corrected chi connectivity index (χ2v) is 7.31. The molecule has 1 aromatic rings. The van der Waals surface area contributed by atoms with Gasteiger partial charge in [-0.15, -0.1) is 0 Å². The van der Waals surface area contributed by atoms with Crippen LogP contribution in [0.3, 0.4) is 0 Å². The Bertz CT molecular complexity index is 622. The molecule has 0 spiro atoms. The molecule has 2 aliphatic heterocycles. The molecule has 2 heterocycles. The number of benzene rings is 1. The van der Waals surface area contributed by atoms with Crippen molar-refractivity contribution in [3.05, 3.63) is 34.9 Å². The highest BCUT2D eigenvalue weighted by molar-refractivity contribution is 6.31. The lowest BCUT2D eigenvalue weighted by Gasteiger charge is -2.37. The first-order chi connectivity index (χ1) is 12.1. The molecule has 0 aliphatic carbocycles. The number of hydrogen-bond acceptors (Lipinski definition) is 3. The van der Waals surface area contributed by atoms with Gasteiger partial charge in [0.15, 0.2) is 0 Å². The second kappa shape index (κ2) is 8.68. The Kier molecular flexibility index (Phi) is 6.32. The lowest BCUT2D eigenvalue weighted by atomic mass is 10.0. The molecular weight excluding hydrogens is 338 g/mol. The molecule has 6 heteroatoms. The van der Waals surface area contributed by atoms with E-state index >= 15 is 0 Å². The van der Waals surface area contributed by atoms with Crippen LogP contribution in [0.2, 0.25) is 5.02 Å². The van der Waals surface area contributed by atoms with E-state index in [1.807, 2.05) is 29.2 Å². The van der Waals surface area contributed by atoms with E-state index in [1.165, 1.54) is 0 Å². The van der Waals surface area contributed by atoms with Crippen LogP contribution in [0.5, 0.6) is 0 Å². The fourth-order valence-electron chi connectivity index (χ4n) is 3.73. The SMILES string of the molecule is O=C(CCN1CCC[C@H](N2CCCC2=O)C1)NCc1ccccc1Cl. The van der Waals surface area contributed by atoms with Crippen LogP contribution < -0.4 is 5.32 Å². The number of halogens is 1. The molecule has 136 valence electrons. The molecule has 3 rings (SSSR count). The lowest BCUT2D eigenvalue weighted by Crippen LogP contribution is -2.49. The summed E-state index contributed by atoms with van der Waals surface area (Å²) in [6.45, 7) is 4.01. The molecule has 0 radical (unpaired) electrons. The maximum atomic E-state index is 12.1. The molecule has 5 nitrogen and oxygen atoms in total. The third kappa shape index (κ3) is 4.95. The zero-order chi connectivity index (χ0) is 17.6. The predicted molar refractivity (Wildman–Crippen MR) is 98.3 cm³/mol. The average molecular weight is 364 g/mol. The first kappa shape index (κ1) is 18.2. The Morgan fingerprint density at radius 2 is 2.08 bits per heavy atom. The minimum atomic E-state index is 0.0410. The second-order valence-electron chi connectivity index (χ2n) is 6.91. The van der Waals surface area contributed by atoms with Gasteiger partial charge in [0.2, 0.25) is 11.8 Å². The normalized spacial score (nSPS) is 21.6. The van der Waals surface area contributed by atoms with Crippen LogP contribution >= 0.6 is 11.6 Å². The third-order valence-corrected chi connectivity index (χ3v) is 5.49. The van der Waals surface area contributed by atoms with Gasteiger partial charge in [-0.3, -0.25) is 9.59 Å². The fraction of sp³-hybridized carbons (Fsp3) is 0.579. The van der Waals surface area contributed by atoms with Crippen molar-refractivity contribution in [2.75, 3.05) is 26.2 Å². The highest BCUT2D eigenvalue weighted by Gasteiger charge is 2.31. The highest BCUT2D eigenvalue weighted by Crippen LogP contribution is 2.21. The van der Waals surface area contributed by atoms with Crippen LogP contribution in [-0.2, 0) is 16.1 Å². The van der Waals surface area contributed by atoms with Crippen LogP contribution in [0.4, 0.5) is 0 Å². The Hall–Kier alpha value is -1.59. The first-order valence-corrected chi connectivity index (χ1v) is 9.53. The molecule has 0 aromatic heterocycles. The van der Waals surface area contributed by atoms with E-state index in [1.54, 1.807) is 0 Å². The van der Waals surface area contributed by atoms with Crippen LogP contribution in [0.15, 0.2) is 24.3 Å². The minimum Gasteiger partial charge on any atom is -0.352 e. The summed E-state index contributed by atoms with van der Waals surface area (Å²) < 4.78 is 0. The molecule has 0 bridgehead atoms. The largest absolute Gasteiger partial charge is 0.352 e. The number of rotatable bonds is 6. The van der Waals surface area contributed by atoms with E-state index in [2.05, 4.69) is 10.2 Å². The smallest absolute Gasteiger partial charge is 0.222 e. The van der Waals surface area contributed by atoms with E-state index in [4.69, 9.17) is 11.6 Å². The van der Waals surface area contributed by atoms with Gasteiger partial charge in [0, 0.05) is 50.1 Å². The topological polar surface area (TPSA) is 52.7 Å². The number of amides is 2. The van der Waals surface area contributed by atoms with Gasteiger partial charge in [-0.05, 0) is 37.4 Å². The van der Waals surface area contributed by atoms with Crippen molar-refractivity contribution >= 4 is 23.4 Å². The summed E-state index contributed by atoms with van der Waals surface area (Å²) in [6, 6.07) is 7.88. The van der Waals surface area contributed by atoms with Gasteiger partial charge < -0.3 is 15.1 Å². The van der Waals surface area contributed by atoms with Crippen molar-refractivity contribution in [1.29, 1.82) is 0 Å². The molecule has 0 unspecified atom stereocenters. The Morgan fingerprint density at radius 3 is 2.84 bits per heavy atom. The van der Waals surface area contributed by atoms with Gasteiger partial charge in [0.05, 0.1) is 0 Å². The maximum absolute atomic E-state index is 12.1. The van der Waals surface area contributed by atoms with Crippen LogP contribution in [0, 0.1) is 0 Å². The molecule has 1 N–H and O–H groups in total. The number of piperidine rings is 1. The van der Waals surface area contributed by atoms with Crippen molar-refractivity contribution < 1.29 is 9.59 Å². The number of nitrogens with zero attached hydrogens (tertiary/aromatic N) is 2. The quantitative estimate of drug-likeness (QED) is 0.844. The molecule has 2 amide bonds. The van der Waals surface area contributed by atoms with E-state index in [0.717, 1.165) is 51.0 Å². The Balaban J connectivity index is 1.41. The monoisotopic (exact) mass is 363 g/mol. The maximum Gasteiger partial charge on any atom is 0.222 e. The molecular formula is C19H26ClN3O2. The van der Waals surface area contributed by atoms with Crippen LogP contribution in [0.25, 0.3) is 0 Å². The number of hydrogen-bond donors (Lipinski definition) is 1. The van der Waals surface area contributed by atoms with Crippen molar-refractivity contribution in [2.24, 2.45) is 0 Å². The van der Waals surface area contributed by atoms with Gasteiger partial charge >= 0.3 is 0 Å². The van der Waals surface area contributed by atoms with E-state index < -0.39 is 0 Å². The molecule has 2 saturated heterocycles. The van der Waals surface area contributed by atoms with E-state index in [0.29, 0.717) is 36.4 Å². The van der Waals surface area contributed by atoms with Gasteiger partial charge in [-0.25, -0.2) is 0 Å². The molecule has 25 heavy (non-hydrogen) atoms. The number of nitrogens with one attached hydrogen (secondary N) is 1. The molecule has 1 atom stereocenters. The standard InChI is InChI=1S/C19H26ClN3O2/c20-17-7-2-1-5-15(17)13-21-18(24)9-12-22-10-3-6-16(14-22)23-11-4-8-19(23)25/h1-2,5,7,16H,3-4,6,8-14H2,(H,21,24)/t16-/m0/s1. The van der Waals surface area contributed by atoms with Crippen LogP contribution in [-0.4, -0.2) is 53.8 Å². The lowest BCUT2D eigenvalue weighted by molar-refractivity contribution is -0.131. The van der Waals surface area contributed by atoms with Crippen molar-refractivity contribution in [1.82, 2.24) is 15.1 Å². The number of carbonyl (C=O) groups excluding carboxylic acids is 2. The summed E-state index contributed by atoms with van der Waals surface area (Å²) in [5.41, 5.74) is 0.933. The Labute approximate surface area is 154 Å². The summed E-state index contributed by atoms with van der Waals surface area (Å²) in [6.07, 6.45) is 4.34. The van der Waals surface area contributed by atoms with Gasteiger partial charge in [-0.2, -0.15) is 0 Å². The summed E-state index contributed by atoms with van der Waals surface area (Å²) in [7, 11) is 0. The predicted octanol–water partition coefficient (Wildman–Crippen LogP) is 2.43. The molecule has 1 aromatic carbocycles. The fourth-order valence-corrected chi connectivity index (χ4v) is 3.93. The zero-order valence-corrected chi connectivity index (χ0v) is 15.3. The van der Waals surface area contributed by atoms with Crippen molar-refractivity contribution in [2.45, 2.75) is 44.7 Å². The van der Waals surface area contributed by atoms with Gasteiger partial charge in [0.25, 0.3) is 0 Å². The van der Waals surface area contributed by atoms with Gasteiger partial charge in [0.1, 0.15) is 0 Å². The van der Waals surface area contributed by atoms with Crippen LogP contribution in [0.1, 0.15) is 37.7 Å². The average Bonchev–Trinajstić information content (AvgIpc) is 3.05. The molecule has 2 aliphatic rings. The summed E-state index contributed by atoms with van der Waals surface area (Å²) in [4.78, 5) is 28.4. The first-order valence-electron chi connectivity index (χ1n) is 9.15. The number of likely N-dealkylation sites (tertiary alicyclic amines) is 2.